The van der Waals surface area contributed by atoms with E-state index in [1.54, 1.807) is 10.9 Å². The number of rotatable bonds is 3. The zero-order valence-corrected chi connectivity index (χ0v) is 17.9. The first-order valence-electron chi connectivity index (χ1n) is 10.3. The molecule has 6 heteroatoms. The Kier molecular flexibility index (Phi) is 5.13. The lowest BCUT2D eigenvalue weighted by molar-refractivity contribution is 0.0543. The van der Waals surface area contributed by atoms with Gasteiger partial charge in [-0.1, -0.05) is 19.1 Å². The zero-order valence-electron chi connectivity index (χ0n) is 17.9. The second kappa shape index (κ2) is 7.59. The van der Waals surface area contributed by atoms with Crippen molar-refractivity contribution in [2.45, 2.75) is 33.2 Å². The Morgan fingerprint density at radius 2 is 2.00 bits per heavy atom. The summed E-state index contributed by atoms with van der Waals surface area (Å²) in [7, 11) is 4.03. The first-order chi connectivity index (χ1) is 13.9. The second-order valence-electron chi connectivity index (χ2n) is 8.16. The molecule has 1 saturated heterocycles. The van der Waals surface area contributed by atoms with Gasteiger partial charge in [0.2, 0.25) is 0 Å². The fourth-order valence-corrected chi connectivity index (χ4v) is 4.15. The van der Waals surface area contributed by atoms with Crippen LogP contribution < -0.4 is 0 Å². The molecule has 3 heterocycles. The Morgan fingerprint density at radius 1 is 1.21 bits per heavy atom. The highest BCUT2D eigenvalue weighted by molar-refractivity contribution is 6.08. The SMILES string of the molecule is CC[C@@H]1CN(C(=O)c2cc(-c3cnn(C)c3)nc3c(C)c(C)ccc23)CCN1C. The number of pyridine rings is 1. The fraction of sp³-hybridized carbons (Fsp3) is 0.435. The molecular formula is C23H29N5O. The Bertz CT molecular complexity index is 1070. The number of carbonyl (C=O) groups is 1. The maximum Gasteiger partial charge on any atom is 0.254 e. The predicted octanol–water partition coefficient (Wildman–Crippen LogP) is 3.42. The lowest BCUT2D eigenvalue weighted by atomic mass is 9.98. The molecule has 1 amide bonds. The van der Waals surface area contributed by atoms with Gasteiger partial charge in [0.05, 0.1) is 23.0 Å². The monoisotopic (exact) mass is 391 g/mol. The number of carbonyl (C=O) groups excluding carboxylic acids is 1. The molecule has 0 radical (unpaired) electrons. The van der Waals surface area contributed by atoms with Crippen LogP contribution in [-0.2, 0) is 7.05 Å². The van der Waals surface area contributed by atoms with Crippen molar-refractivity contribution in [2.75, 3.05) is 26.7 Å². The summed E-state index contributed by atoms with van der Waals surface area (Å²) in [5.74, 6) is 0.0948. The van der Waals surface area contributed by atoms with Gasteiger partial charge in [-0.2, -0.15) is 5.10 Å². The average Bonchev–Trinajstić information content (AvgIpc) is 3.16. The van der Waals surface area contributed by atoms with Crippen LogP contribution in [0.1, 0.15) is 34.8 Å². The summed E-state index contributed by atoms with van der Waals surface area (Å²) in [4.78, 5) is 22.9. The van der Waals surface area contributed by atoms with E-state index in [1.807, 2.05) is 30.3 Å². The van der Waals surface area contributed by atoms with E-state index in [9.17, 15) is 4.79 Å². The fourth-order valence-electron chi connectivity index (χ4n) is 4.15. The number of aromatic nitrogens is 3. The molecule has 1 atom stereocenters. The molecule has 2 aromatic heterocycles. The van der Waals surface area contributed by atoms with Gasteiger partial charge in [-0.3, -0.25) is 14.4 Å². The van der Waals surface area contributed by atoms with Crippen LogP contribution in [0, 0.1) is 13.8 Å². The van der Waals surface area contributed by atoms with E-state index in [1.165, 1.54) is 5.56 Å². The quantitative estimate of drug-likeness (QED) is 0.687. The van der Waals surface area contributed by atoms with Crippen molar-refractivity contribution < 1.29 is 4.79 Å². The molecule has 0 bridgehead atoms. The number of fused-ring (bicyclic) bond motifs is 1. The Morgan fingerprint density at radius 3 is 2.69 bits per heavy atom. The van der Waals surface area contributed by atoms with E-state index >= 15 is 0 Å². The lowest BCUT2D eigenvalue weighted by Gasteiger charge is -2.39. The number of likely N-dealkylation sites (N-methyl/N-ethyl adjacent to an activating group) is 1. The van der Waals surface area contributed by atoms with Crippen molar-refractivity contribution >= 4 is 16.8 Å². The molecule has 0 unspecified atom stereocenters. The van der Waals surface area contributed by atoms with Crippen LogP contribution in [0.4, 0.5) is 0 Å². The van der Waals surface area contributed by atoms with Crippen molar-refractivity contribution in [1.82, 2.24) is 24.6 Å². The van der Waals surface area contributed by atoms with E-state index in [2.05, 4.69) is 43.9 Å². The predicted molar refractivity (Wildman–Crippen MR) is 116 cm³/mol. The maximum atomic E-state index is 13.6. The summed E-state index contributed by atoms with van der Waals surface area (Å²) in [5, 5.41) is 5.21. The minimum atomic E-state index is 0.0948. The summed E-state index contributed by atoms with van der Waals surface area (Å²) in [5.41, 5.74) is 5.65. The van der Waals surface area contributed by atoms with Crippen molar-refractivity contribution in [1.29, 1.82) is 0 Å². The van der Waals surface area contributed by atoms with Crippen molar-refractivity contribution in [3.8, 4) is 11.3 Å². The Labute approximate surface area is 172 Å². The van der Waals surface area contributed by atoms with Crippen LogP contribution in [0.3, 0.4) is 0 Å². The van der Waals surface area contributed by atoms with Gasteiger partial charge in [0.15, 0.2) is 0 Å². The minimum absolute atomic E-state index is 0.0948. The van der Waals surface area contributed by atoms with Crippen LogP contribution in [-0.4, -0.2) is 63.2 Å². The Hall–Kier alpha value is -2.73. The van der Waals surface area contributed by atoms with E-state index in [4.69, 9.17) is 4.98 Å². The standard InChI is InChI=1S/C23H29N5O/c1-6-18-14-28(10-9-26(18)4)23(29)20-11-21(17-12-24-27(5)13-17)25-22-16(3)15(2)7-8-19(20)22/h7-8,11-13,18H,6,9-10,14H2,1-5H3/t18-/m1/s1. The third kappa shape index (κ3) is 3.53. The average molecular weight is 392 g/mol. The van der Waals surface area contributed by atoms with Crippen molar-refractivity contribution in [2.24, 2.45) is 7.05 Å². The Balaban J connectivity index is 1.84. The topological polar surface area (TPSA) is 54.3 Å². The molecular weight excluding hydrogens is 362 g/mol. The number of nitrogens with zero attached hydrogens (tertiary/aromatic N) is 5. The van der Waals surface area contributed by atoms with Gasteiger partial charge >= 0.3 is 0 Å². The molecule has 0 saturated carbocycles. The highest BCUT2D eigenvalue weighted by Crippen LogP contribution is 2.29. The first kappa shape index (κ1) is 19.6. The molecule has 0 spiro atoms. The minimum Gasteiger partial charge on any atom is -0.336 e. The third-order valence-electron chi connectivity index (χ3n) is 6.27. The summed E-state index contributed by atoms with van der Waals surface area (Å²) in [6.07, 6.45) is 4.78. The number of aryl methyl sites for hydroxylation is 3. The molecule has 1 aromatic carbocycles. The third-order valence-corrected chi connectivity index (χ3v) is 6.27. The van der Waals surface area contributed by atoms with Crippen LogP contribution in [0.5, 0.6) is 0 Å². The number of hydrogen-bond donors (Lipinski definition) is 0. The number of benzene rings is 1. The van der Waals surface area contributed by atoms with Crippen LogP contribution >= 0.6 is 0 Å². The smallest absolute Gasteiger partial charge is 0.254 e. The summed E-state index contributed by atoms with van der Waals surface area (Å²) >= 11 is 0. The van der Waals surface area contributed by atoms with Gasteiger partial charge < -0.3 is 4.90 Å². The normalized spacial score (nSPS) is 17.8. The largest absolute Gasteiger partial charge is 0.336 e. The summed E-state index contributed by atoms with van der Waals surface area (Å²) < 4.78 is 1.76. The van der Waals surface area contributed by atoms with Crippen LogP contribution in [0.2, 0.25) is 0 Å². The molecule has 4 rings (SSSR count). The van der Waals surface area contributed by atoms with Gasteiger partial charge in [-0.15, -0.1) is 0 Å². The number of hydrogen-bond acceptors (Lipinski definition) is 4. The molecule has 29 heavy (non-hydrogen) atoms. The highest BCUT2D eigenvalue weighted by Gasteiger charge is 2.28. The molecule has 0 N–H and O–H groups in total. The molecule has 0 aliphatic carbocycles. The van der Waals surface area contributed by atoms with E-state index < -0.39 is 0 Å². The molecule has 1 aliphatic heterocycles. The van der Waals surface area contributed by atoms with E-state index in [0.717, 1.165) is 59.3 Å². The molecule has 6 nitrogen and oxygen atoms in total. The van der Waals surface area contributed by atoms with Gasteiger partial charge in [-0.05, 0) is 44.5 Å². The van der Waals surface area contributed by atoms with Gasteiger partial charge in [-0.25, -0.2) is 4.98 Å². The maximum absolute atomic E-state index is 13.6. The molecule has 3 aromatic rings. The lowest BCUT2D eigenvalue weighted by Crippen LogP contribution is -2.53. The zero-order chi connectivity index (χ0) is 20.7. The molecule has 1 fully saturated rings. The van der Waals surface area contributed by atoms with Gasteiger partial charge in [0.1, 0.15) is 0 Å². The van der Waals surface area contributed by atoms with Crippen LogP contribution in [0.25, 0.3) is 22.2 Å². The molecule has 152 valence electrons. The highest BCUT2D eigenvalue weighted by atomic mass is 16.2. The van der Waals surface area contributed by atoms with E-state index in [0.29, 0.717) is 6.04 Å². The van der Waals surface area contributed by atoms with Crippen molar-refractivity contribution in [3.05, 3.63) is 47.3 Å². The first-order valence-corrected chi connectivity index (χ1v) is 10.3. The second-order valence-corrected chi connectivity index (χ2v) is 8.16. The van der Waals surface area contributed by atoms with Crippen LogP contribution in [0.15, 0.2) is 30.6 Å². The molecule has 1 aliphatic rings. The number of piperazine rings is 1. The van der Waals surface area contributed by atoms with Gasteiger partial charge in [0, 0.05) is 49.9 Å². The van der Waals surface area contributed by atoms with Crippen molar-refractivity contribution in [3.63, 3.8) is 0 Å². The summed E-state index contributed by atoms with van der Waals surface area (Å²) in [6.45, 7) is 8.77. The van der Waals surface area contributed by atoms with E-state index in [-0.39, 0.29) is 5.91 Å². The van der Waals surface area contributed by atoms with Gasteiger partial charge in [0.25, 0.3) is 5.91 Å². The number of amides is 1. The summed E-state index contributed by atoms with van der Waals surface area (Å²) in [6, 6.07) is 6.47.